The van der Waals surface area contributed by atoms with Gasteiger partial charge in [0, 0.05) is 36.5 Å². The standard InChI is InChI=1S/C30H32F2N6O4/c1-17-6-7-18(12-21(17)34-25(39)20-14-33-38-15-19(29(5,31)32)8-9-22(20)38)24-35-26(42-36-24)23-13-30(10-11-30)16-37(23)27(40)41-28(2,3)4/h6-9,12,14-15,23H,10-11,13,16H2,1-5H3,(H,34,39)/t23-/m0/s1. The highest BCUT2D eigenvalue weighted by Crippen LogP contribution is 2.58. The maximum atomic E-state index is 13.7. The Morgan fingerprint density at radius 3 is 2.60 bits per heavy atom. The van der Waals surface area contributed by atoms with E-state index in [-0.39, 0.29) is 22.6 Å². The molecule has 2 amide bonds. The SMILES string of the molecule is Cc1ccc(-c2noc([C@@H]3CC4(CC4)CN3C(=O)OC(C)(C)C)n2)cc1NC(=O)c1cnn2cc(C(C)(F)F)ccc12. The number of aryl methyl sites for hydroxylation is 1. The predicted molar refractivity (Wildman–Crippen MR) is 149 cm³/mol. The minimum Gasteiger partial charge on any atom is -0.444 e. The molecule has 6 rings (SSSR count). The van der Waals surface area contributed by atoms with Gasteiger partial charge in [-0.05, 0) is 76.1 Å². The van der Waals surface area contributed by atoms with Gasteiger partial charge >= 0.3 is 6.09 Å². The molecular formula is C30H32F2N6O4. The first-order chi connectivity index (χ1) is 19.7. The number of nitrogens with zero attached hydrogens (tertiary/aromatic N) is 5. The number of alkyl halides is 2. The smallest absolute Gasteiger partial charge is 0.410 e. The van der Waals surface area contributed by atoms with Crippen LogP contribution < -0.4 is 5.32 Å². The van der Waals surface area contributed by atoms with E-state index in [1.54, 1.807) is 11.0 Å². The lowest BCUT2D eigenvalue weighted by molar-refractivity contribution is 0.0167. The average Bonchev–Trinajstić information content (AvgIpc) is 3.25. The van der Waals surface area contributed by atoms with E-state index in [1.165, 1.54) is 29.0 Å². The van der Waals surface area contributed by atoms with E-state index in [4.69, 9.17) is 9.26 Å². The van der Waals surface area contributed by atoms with Gasteiger partial charge in [-0.2, -0.15) is 10.1 Å². The summed E-state index contributed by atoms with van der Waals surface area (Å²) in [5.74, 6) is -2.80. The lowest BCUT2D eigenvalue weighted by atomic mass is 10.0. The highest BCUT2D eigenvalue weighted by atomic mass is 19.3. The Kier molecular flexibility index (Phi) is 6.36. The van der Waals surface area contributed by atoms with Crippen molar-refractivity contribution in [2.24, 2.45) is 5.41 Å². The van der Waals surface area contributed by atoms with Crippen LogP contribution in [0.3, 0.4) is 0 Å². The topological polar surface area (TPSA) is 115 Å². The number of benzene rings is 1. The maximum Gasteiger partial charge on any atom is 0.410 e. The van der Waals surface area contributed by atoms with Crippen molar-refractivity contribution < 1.29 is 27.6 Å². The van der Waals surface area contributed by atoms with Gasteiger partial charge in [-0.1, -0.05) is 17.3 Å². The van der Waals surface area contributed by atoms with E-state index in [0.717, 1.165) is 31.7 Å². The number of likely N-dealkylation sites (tertiary alicyclic amines) is 1. The number of fused-ring (bicyclic) bond motifs is 1. The second-order valence-corrected chi connectivity index (χ2v) is 12.5. The molecule has 4 aromatic rings. The number of ether oxygens (including phenoxy) is 1. The Morgan fingerprint density at radius 2 is 1.90 bits per heavy atom. The van der Waals surface area contributed by atoms with Crippen LogP contribution in [0, 0.1) is 12.3 Å². The summed E-state index contributed by atoms with van der Waals surface area (Å²) in [6, 6.07) is 7.75. The van der Waals surface area contributed by atoms with Gasteiger partial charge in [0.25, 0.3) is 11.8 Å². The van der Waals surface area contributed by atoms with Crippen LogP contribution in [0.5, 0.6) is 0 Å². The van der Waals surface area contributed by atoms with Gasteiger partial charge in [0.1, 0.15) is 11.6 Å². The molecule has 1 N–H and O–H groups in total. The normalized spacial score (nSPS) is 18.1. The Morgan fingerprint density at radius 1 is 1.14 bits per heavy atom. The van der Waals surface area contributed by atoms with Crippen LogP contribution in [0.25, 0.3) is 16.9 Å². The Labute approximate surface area is 241 Å². The largest absolute Gasteiger partial charge is 0.444 e. The third kappa shape index (κ3) is 5.33. The van der Waals surface area contributed by atoms with Crippen molar-refractivity contribution in [1.82, 2.24) is 24.7 Å². The van der Waals surface area contributed by atoms with Crippen LogP contribution in [0.2, 0.25) is 0 Å². The van der Waals surface area contributed by atoms with Crippen molar-refractivity contribution in [1.29, 1.82) is 0 Å². The maximum absolute atomic E-state index is 13.7. The molecule has 2 fully saturated rings. The van der Waals surface area contributed by atoms with Gasteiger partial charge < -0.3 is 14.6 Å². The molecule has 0 bridgehead atoms. The molecule has 0 unspecified atom stereocenters. The van der Waals surface area contributed by atoms with E-state index < -0.39 is 23.5 Å². The Hall–Kier alpha value is -4.35. The fraction of sp³-hybridized carbons (Fsp3) is 0.433. The number of pyridine rings is 1. The number of halogens is 2. The van der Waals surface area contributed by atoms with E-state index in [2.05, 4.69) is 20.6 Å². The van der Waals surface area contributed by atoms with Gasteiger partial charge in [-0.25, -0.2) is 18.1 Å². The summed E-state index contributed by atoms with van der Waals surface area (Å²) < 4.78 is 40.1. The molecule has 1 aromatic carbocycles. The van der Waals surface area contributed by atoms with Crippen LogP contribution in [0.15, 0.2) is 47.2 Å². The van der Waals surface area contributed by atoms with Gasteiger partial charge in [0.2, 0.25) is 11.7 Å². The summed E-state index contributed by atoms with van der Waals surface area (Å²) in [4.78, 5) is 32.5. The number of aromatic nitrogens is 4. The van der Waals surface area contributed by atoms with Crippen molar-refractivity contribution in [3.05, 3.63) is 65.3 Å². The summed E-state index contributed by atoms with van der Waals surface area (Å²) in [5.41, 5.74) is 1.82. The van der Waals surface area contributed by atoms with Crippen molar-refractivity contribution in [3.63, 3.8) is 0 Å². The lowest BCUT2D eigenvalue weighted by Crippen LogP contribution is -2.37. The molecular weight excluding hydrogens is 546 g/mol. The van der Waals surface area contributed by atoms with E-state index in [1.807, 2.05) is 39.8 Å². The Bertz CT molecular complexity index is 1700. The molecule has 1 spiro atoms. The third-order valence-corrected chi connectivity index (χ3v) is 7.83. The second kappa shape index (κ2) is 9.60. The highest BCUT2D eigenvalue weighted by molar-refractivity contribution is 6.09. The van der Waals surface area contributed by atoms with E-state index in [9.17, 15) is 18.4 Å². The number of hydrogen-bond acceptors (Lipinski definition) is 7. The van der Waals surface area contributed by atoms with Gasteiger partial charge in [-0.3, -0.25) is 9.69 Å². The zero-order chi connectivity index (χ0) is 30.0. The number of nitrogens with one attached hydrogen (secondary N) is 1. The summed E-state index contributed by atoms with van der Waals surface area (Å²) in [5, 5.41) is 11.2. The number of amides is 2. The number of carbonyl (C=O) groups excluding carboxylic acids is 2. The summed E-state index contributed by atoms with van der Waals surface area (Å²) in [6.45, 7) is 8.75. The summed E-state index contributed by atoms with van der Waals surface area (Å²) >= 11 is 0. The van der Waals surface area contributed by atoms with Gasteiger partial charge in [-0.15, -0.1) is 0 Å². The molecule has 4 heterocycles. The monoisotopic (exact) mass is 578 g/mol. The zero-order valence-corrected chi connectivity index (χ0v) is 24.1. The number of carbonyl (C=O) groups is 2. The summed E-state index contributed by atoms with van der Waals surface area (Å²) in [7, 11) is 0. The minimum atomic E-state index is -3.03. The van der Waals surface area contributed by atoms with Crippen LogP contribution >= 0.6 is 0 Å². The van der Waals surface area contributed by atoms with Crippen LogP contribution in [-0.2, 0) is 10.7 Å². The molecule has 0 radical (unpaired) electrons. The van der Waals surface area contributed by atoms with Crippen LogP contribution in [0.1, 0.15) is 80.4 Å². The van der Waals surface area contributed by atoms with E-state index >= 15 is 0 Å². The lowest BCUT2D eigenvalue weighted by Gasteiger charge is -2.27. The van der Waals surface area contributed by atoms with Crippen molar-refractivity contribution in [3.8, 4) is 11.4 Å². The molecule has 1 aliphatic carbocycles. The number of hydrogen-bond donors (Lipinski definition) is 1. The van der Waals surface area contributed by atoms with Crippen molar-refractivity contribution in [2.75, 3.05) is 11.9 Å². The summed E-state index contributed by atoms with van der Waals surface area (Å²) in [6.07, 6.45) is 4.99. The van der Waals surface area contributed by atoms with Crippen molar-refractivity contribution in [2.45, 2.75) is 71.4 Å². The molecule has 3 aromatic heterocycles. The van der Waals surface area contributed by atoms with Crippen molar-refractivity contribution >= 4 is 23.2 Å². The zero-order valence-electron chi connectivity index (χ0n) is 24.1. The van der Waals surface area contributed by atoms with Crippen LogP contribution in [-0.4, -0.2) is 48.8 Å². The second-order valence-electron chi connectivity index (χ2n) is 12.5. The van der Waals surface area contributed by atoms with E-state index in [0.29, 0.717) is 35.0 Å². The molecule has 1 saturated carbocycles. The number of rotatable bonds is 5. The fourth-order valence-electron chi connectivity index (χ4n) is 5.32. The fourth-order valence-corrected chi connectivity index (χ4v) is 5.32. The number of anilines is 1. The molecule has 1 aliphatic heterocycles. The molecule has 220 valence electrons. The van der Waals surface area contributed by atoms with Gasteiger partial charge in [0.05, 0.1) is 17.3 Å². The van der Waals surface area contributed by atoms with Crippen LogP contribution in [0.4, 0.5) is 19.3 Å². The molecule has 10 nitrogen and oxygen atoms in total. The minimum absolute atomic E-state index is 0.0780. The first kappa shape index (κ1) is 27.8. The molecule has 12 heteroatoms. The average molecular weight is 579 g/mol. The van der Waals surface area contributed by atoms with Gasteiger partial charge in [0.15, 0.2) is 0 Å². The highest BCUT2D eigenvalue weighted by Gasteiger charge is 2.55. The Balaban J connectivity index is 1.23. The molecule has 1 saturated heterocycles. The first-order valence-electron chi connectivity index (χ1n) is 13.8. The quantitative estimate of drug-likeness (QED) is 0.287. The molecule has 1 atom stereocenters. The molecule has 42 heavy (non-hydrogen) atoms. The third-order valence-electron chi connectivity index (χ3n) is 7.83. The first-order valence-corrected chi connectivity index (χ1v) is 13.8. The predicted octanol–water partition coefficient (Wildman–Crippen LogP) is 6.52. The molecule has 2 aliphatic rings.